The van der Waals surface area contributed by atoms with Crippen LogP contribution in [0.2, 0.25) is 0 Å². The molecule has 6 rings (SSSR count). The highest BCUT2D eigenvalue weighted by Gasteiger charge is 2.23. The summed E-state index contributed by atoms with van der Waals surface area (Å²) in [5.74, 6) is -0.232. The Balaban J connectivity index is 1.36. The average molecular weight is 583 g/mol. The molecule has 0 radical (unpaired) electrons. The second-order valence-corrected chi connectivity index (χ2v) is 9.96. The van der Waals surface area contributed by atoms with Crippen LogP contribution in [0.15, 0.2) is 53.9 Å². The van der Waals surface area contributed by atoms with Crippen molar-refractivity contribution >= 4 is 29.0 Å². The number of fused-ring (bicyclic) bond motifs is 1. The second-order valence-electron chi connectivity index (χ2n) is 9.08. The molecule has 16 heteroatoms. The molecule has 4 aromatic heterocycles. The molecule has 5 aromatic rings. The van der Waals surface area contributed by atoms with Gasteiger partial charge in [0.15, 0.2) is 17.7 Å². The van der Waals surface area contributed by atoms with E-state index < -0.39 is 12.5 Å². The number of carbonyl (C=O) groups is 1. The first kappa shape index (κ1) is 26.8. The maximum Gasteiger partial charge on any atom is 0.387 e. The molecule has 0 spiro atoms. The van der Waals surface area contributed by atoms with Crippen LogP contribution in [0.5, 0.6) is 5.75 Å². The number of ether oxygens (including phenoxy) is 2. The van der Waals surface area contributed by atoms with Crippen LogP contribution in [0.25, 0.3) is 16.9 Å². The Morgan fingerprint density at radius 2 is 2.20 bits per heavy atom. The van der Waals surface area contributed by atoms with E-state index in [-0.39, 0.29) is 41.0 Å². The SMILES string of the molecule is CSc1ccc(OC(F)F)c(-c2nn(Cc3nnn(C4CCCCO4)n3)cc2NC(=O)c2cnn3cccnc23)c1. The van der Waals surface area contributed by atoms with E-state index in [9.17, 15) is 13.6 Å². The second kappa shape index (κ2) is 11.6. The number of anilines is 1. The van der Waals surface area contributed by atoms with Gasteiger partial charge >= 0.3 is 6.61 Å². The van der Waals surface area contributed by atoms with Gasteiger partial charge in [-0.25, -0.2) is 9.50 Å². The van der Waals surface area contributed by atoms with Crippen LogP contribution in [0.4, 0.5) is 14.5 Å². The Bertz CT molecular complexity index is 1680. The van der Waals surface area contributed by atoms with Crippen molar-refractivity contribution in [3.63, 3.8) is 0 Å². The highest BCUT2D eigenvalue weighted by Crippen LogP contribution is 2.38. The van der Waals surface area contributed by atoms with Crippen LogP contribution < -0.4 is 10.1 Å². The topological polar surface area (TPSA) is 139 Å². The molecule has 1 atom stereocenters. The highest BCUT2D eigenvalue weighted by molar-refractivity contribution is 7.98. The van der Waals surface area contributed by atoms with Crippen LogP contribution in [0, 0.1) is 0 Å². The highest BCUT2D eigenvalue weighted by atomic mass is 32.2. The van der Waals surface area contributed by atoms with Crippen molar-refractivity contribution in [2.75, 3.05) is 18.2 Å². The van der Waals surface area contributed by atoms with Crippen LogP contribution in [-0.2, 0) is 11.3 Å². The summed E-state index contributed by atoms with van der Waals surface area (Å²) in [6, 6.07) is 6.49. The summed E-state index contributed by atoms with van der Waals surface area (Å²) in [7, 11) is 0. The minimum absolute atomic E-state index is 0.0882. The monoisotopic (exact) mass is 582 g/mol. The standard InChI is InChI=1S/C25H24F2N10O3S/c1-41-15-6-7-19(40-25(26)27)16(11-15)22-18(30-24(38)17-12-29-36-9-4-8-28-23(17)36)13-35(33-22)14-20-31-34-37(32-20)21-5-2-3-10-39-21/h4,6-9,11-13,21,25H,2-3,5,10,14H2,1H3,(H,30,38). The molecular formula is C25H24F2N10O3S. The number of hydrogen-bond donors (Lipinski definition) is 1. The van der Waals surface area contributed by atoms with Crippen LogP contribution >= 0.6 is 11.8 Å². The van der Waals surface area contributed by atoms with Crippen LogP contribution in [0.1, 0.15) is 41.7 Å². The van der Waals surface area contributed by atoms with Gasteiger partial charge in [0.1, 0.15) is 23.6 Å². The fourth-order valence-electron chi connectivity index (χ4n) is 4.48. The number of rotatable bonds is 9. The first-order chi connectivity index (χ1) is 20.0. The van der Waals surface area contributed by atoms with Crippen molar-refractivity contribution in [3.8, 4) is 17.0 Å². The third-order valence-electron chi connectivity index (χ3n) is 6.38. The Morgan fingerprint density at radius 3 is 3.00 bits per heavy atom. The lowest BCUT2D eigenvalue weighted by Crippen LogP contribution is -2.20. The van der Waals surface area contributed by atoms with Crippen LogP contribution in [-0.4, -0.2) is 70.0 Å². The number of carbonyl (C=O) groups excluding carboxylic acids is 1. The molecule has 1 aliphatic rings. The number of benzene rings is 1. The van der Waals surface area contributed by atoms with Crippen molar-refractivity contribution in [2.45, 2.75) is 43.5 Å². The molecule has 1 aliphatic heterocycles. The number of amides is 1. The third kappa shape index (κ3) is 5.74. The summed E-state index contributed by atoms with van der Waals surface area (Å²) in [4.78, 5) is 19.8. The number of alkyl halides is 2. The predicted octanol–water partition coefficient (Wildman–Crippen LogP) is 3.90. The third-order valence-corrected chi connectivity index (χ3v) is 7.10. The van der Waals surface area contributed by atoms with Gasteiger partial charge in [0.05, 0.1) is 11.9 Å². The molecule has 1 unspecified atom stereocenters. The van der Waals surface area contributed by atoms with Gasteiger partial charge < -0.3 is 14.8 Å². The van der Waals surface area contributed by atoms with Crippen molar-refractivity contribution in [3.05, 3.63) is 60.4 Å². The summed E-state index contributed by atoms with van der Waals surface area (Å²) < 4.78 is 40.1. The van der Waals surface area contributed by atoms with E-state index >= 15 is 0 Å². The zero-order valence-electron chi connectivity index (χ0n) is 21.7. The van der Waals surface area contributed by atoms with Gasteiger partial charge in [-0.05, 0) is 55.0 Å². The van der Waals surface area contributed by atoms with Gasteiger partial charge in [-0.2, -0.15) is 19.0 Å². The van der Waals surface area contributed by atoms with Gasteiger partial charge in [-0.1, -0.05) is 0 Å². The molecular weight excluding hydrogens is 558 g/mol. The van der Waals surface area contributed by atoms with Crippen LogP contribution in [0.3, 0.4) is 0 Å². The van der Waals surface area contributed by atoms with E-state index in [0.29, 0.717) is 18.1 Å². The molecule has 212 valence electrons. The number of hydrogen-bond acceptors (Lipinski definition) is 10. The van der Waals surface area contributed by atoms with Crippen molar-refractivity contribution < 1.29 is 23.0 Å². The van der Waals surface area contributed by atoms with Gasteiger partial charge in [0, 0.05) is 35.7 Å². The maximum atomic E-state index is 13.4. The van der Waals surface area contributed by atoms with Gasteiger partial charge in [0.2, 0.25) is 0 Å². The lowest BCUT2D eigenvalue weighted by atomic mass is 10.1. The molecule has 13 nitrogen and oxygen atoms in total. The molecule has 0 saturated carbocycles. The first-order valence-electron chi connectivity index (χ1n) is 12.7. The van der Waals surface area contributed by atoms with E-state index in [1.165, 1.54) is 38.0 Å². The zero-order chi connectivity index (χ0) is 28.3. The summed E-state index contributed by atoms with van der Waals surface area (Å²) >= 11 is 1.42. The van der Waals surface area contributed by atoms with E-state index in [2.05, 4.69) is 35.9 Å². The minimum atomic E-state index is -3.06. The largest absolute Gasteiger partial charge is 0.434 e. The lowest BCUT2D eigenvalue weighted by Gasteiger charge is -2.20. The Hall–Kier alpha value is -4.44. The van der Waals surface area contributed by atoms with Gasteiger partial charge in [-0.15, -0.1) is 26.8 Å². The van der Waals surface area contributed by atoms with Gasteiger partial charge in [-0.3, -0.25) is 9.48 Å². The van der Waals surface area contributed by atoms with E-state index in [0.717, 1.165) is 24.2 Å². The smallest absolute Gasteiger partial charge is 0.387 e. The van der Waals surface area contributed by atoms with Crippen molar-refractivity contribution in [2.24, 2.45) is 0 Å². The Labute approximate surface area is 235 Å². The zero-order valence-corrected chi connectivity index (χ0v) is 22.5. The molecule has 1 fully saturated rings. The summed E-state index contributed by atoms with van der Waals surface area (Å²) in [6.07, 6.45) is 10.6. The molecule has 1 N–H and O–H groups in total. The normalized spacial score (nSPS) is 15.5. The Morgan fingerprint density at radius 1 is 1.29 bits per heavy atom. The molecule has 5 heterocycles. The molecule has 1 saturated heterocycles. The fraction of sp³-hybridized carbons (Fsp3) is 0.320. The van der Waals surface area contributed by atoms with E-state index in [1.807, 2.05) is 6.26 Å². The first-order valence-corrected chi connectivity index (χ1v) is 13.9. The molecule has 0 bridgehead atoms. The fourth-order valence-corrected chi connectivity index (χ4v) is 4.92. The molecule has 1 amide bonds. The number of thioether (sulfide) groups is 1. The lowest BCUT2D eigenvalue weighted by molar-refractivity contribution is -0.0496. The number of nitrogens with one attached hydrogen (secondary N) is 1. The average Bonchev–Trinajstić information content (AvgIpc) is 3.72. The Kier molecular flexibility index (Phi) is 7.56. The number of nitrogens with zero attached hydrogens (tertiary/aromatic N) is 9. The number of tetrazole rings is 1. The van der Waals surface area contributed by atoms with Gasteiger partial charge in [0.25, 0.3) is 5.91 Å². The molecule has 1 aromatic carbocycles. The quantitative estimate of drug-likeness (QED) is 0.255. The molecule has 41 heavy (non-hydrogen) atoms. The molecule has 0 aliphatic carbocycles. The van der Waals surface area contributed by atoms with E-state index in [4.69, 9.17) is 9.47 Å². The van der Waals surface area contributed by atoms with Crippen molar-refractivity contribution in [1.29, 1.82) is 0 Å². The number of aromatic nitrogens is 9. The minimum Gasteiger partial charge on any atom is -0.434 e. The summed E-state index contributed by atoms with van der Waals surface area (Å²) in [5, 5.41) is 24.3. The summed E-state index contributed by atoms with van der Waals surface area (Å²) in [6.45, 7) is -2.32. The summed E-state index contributed by atoms with van der Waals surface area (Å²) in [5.41, 5.74) is 1.33. The number of halogens is 2. The predicted molar refractivity (Wildman–Crippen MR) is 143 cm³/mol. The maximum absolute atomic E-state index is 13.4. The van der Waals surface area contributed by atoms with Crippen molar-refractivity contribution in [1.82, 2.24) is 44.6 Å². The van der Waals surface area contributed by atoms with E-state index in [1.54, 1.807) is 36.8 Å².